The maximum atomic E-state index is 12.8. The van der Waals surface area contributed by atoms with E-state index in [-0.39, 0.29) is 16.8 Å². The molecule has 27 heavy (non-hydrogen) atoms. The van der Waals surface area contributed by atoms with E-state index in [0.29, 0.717) is 19.4 Å². The molecule has 0 aromatic heterocycles. The van der Waals surface area contributed by atoms with E-state index >= 15 is 0 Å². The molecular weight excluding hydrogens is 368 g/mol. The van der Waals surface area contributed by atoms with Crippen LogP contribution in [0.3, 0.4) is 0 Å². The van der Waals surface area contributed by atoms with E-state index in [9.17, 15) is 13.5 Å². The summed E-state index contributed by atoms with van der Waals surface area (Å²) in [6, 6.07) is 8.30. The van der Waals surface area contributed by atoms with Gasteiger partial charge in [0.1, 0.15) is 0 Å². The van der Waals surface area contributed by atoms with E-state index in [0.717, 1.165) is 0 Å². The van der Waals surface area contributed by atoms with Gasteiger partial charge in [-0.3, -0.25) is 0 Å². The Hall–Kier alpha value is -1.25. The lowest BCUT2D eigenvalue weighted by Gasteiger charge is -2.21. The minimum atomic E-state index is -3.53. The fourth-order valence-corrected chi connectivity index (χ4v) is 5.50. The van der Waals surface area contributed by atoms with Crippen molar-refractivity contribution in [1.29, 1.82) is 0 Å². The Kier molecular flexibility index (Phi) is 6.08. The lowest BCUT2D eigenvalue weighted by atomic mass is 9.94. The Morgan fingerprint density at radius 1 is 1.26 bits per heavy atom. The van der Waals surface area contributed by atoms with Crippen LogP contribution in [0.4, 0.5) is 0 Å². The van der Waals surface area contributed by atoms with Crippen LogP contribution in [0, 0.1) is 5.92 Å². The molecule has 1 unspecified atom stereocenters. The number of sulfone groups is 1. The Morgan fingerprint density at radius 3 is 2.56 bits per heavy atom. The quantitative estimate of drug-likeness (QED) is 0.713. The summed E-state index contributed by atoms with van der Waals surface area (Å²) in [4.78, 5) is 0.257. The normalized spacial score (nSPS) is 33.2. The van der Waals surface area contributed by atoms with E-state index in [1.807, 2.05) is 13.8 Å². The number of aliphatic hydroxyl groups is 1. The Morgan fingerprint density at radius 2 is 1.96 bits per heavy atom. The average Bonchev–Trinajstić information content (AvgIpc) is 3.10. The molecule has 1 aromatic rings. The summed E-state index contributed by atoms with van der Waals surface area (Å²) in [5, 5.41) is 10.8. The first-order chi connectivity index (χ1) is 12.7. The average molecular weight is 397 g/mol. The molecule has 2 fully saturated rings. The Labute approximate surface area is 161 Å². The molecule has 2 heterocycles. The lowest BCUT2D eigenvalue weighted by molar-refractivity contribution is -0.143. The van der Waals surface area contributed by atoms with Crippen molar-refractivity contribution in [1.82, 2.24) is 0 Å². The third kappa shape index (κ3) is 4.78. The van der Waals surface area contributed by atoms with Gasteiger partial charge in [-0.25, -0.2) is 8.42 Å². The summed E-state index contributed by atoms with van der Waals surface area (Å²) in [6.45, 7) is 7.84. The van der Waals surface area contributed by atoms with Crippen molar-refractivity contribution in [3.05, 3.63) is 43.0 Å². The van der Waals surface area contributed by atoms with Gasteiger partial charge in [-0.15, -0.1) is 6.58 Å². The molecule has 6 nitrogen and oxygen atoms in total. The molecular formula is C20H28O6S. The van der Waals surface area contributed by atoms with Gasteiger partial charge in [0, 0.05) is 12.3 Å². The van der Waals surface area contributed by atoms with Crippen LogP contribution in [0.25, 0.3) is 0 Å². The van der Waals surface area contributed by atoms with Crippen LogP contribution in [0.5, 0.6) is 0 Å². The molecule has 2 saturated heterocycles. The fourth-order valence-electron chi connectivity index (χ4n) is 3.81. The first-order valence-corrected chi connectivity index (χ1v) is 10.9. The molecule has 2 aliphatic heterocycles. The van der Waals surface area contributed by atoms with Crippen LogP contribution in [0.2, 0.25) is 0 Å². The molecule has 0 aliphatic carbocycles. The minimum Gasteiger partial charge on any atom is -0.390 e. The van der Waals surface area contributed by atoms with Gasteiger partial charge in [0.05, 0.1) is 41.7 Å². The topological polar surface area (TPSA) is 82.1 Å². The van der Waals surface area contributed by atoms with Crippen LogP contribution in [-0.4, -0.2) is 56.1 Å². The minimum absolute atomic E-state index is 0.166. The van der Waals surface area contributed by atoms with E-state index in [1.165, 1.54) is 0 Å². The van der Waals surface area contributed by atoms with Gasteiger partial charge in [-0.05, 0) is 32.4 Å². The summed E-state index contributed by atoms with van der Waals surface area (Å²) in [5.74, 6) is -1.33. The van der Waals surface area contributed by atoms with Crippen LogP contribution in [-0.2, 0) is 24.0 Å². The second kappa shape index (κ2) is 8.01. The SMILES string of the molecule is C=CC[C@@H]1O[C@H](C[C@H]2COC(C)(C)O2)[C@H](O)C1CS(=O)(=O)c1ccccc1. The number of aliphatic hydroxyl groups excluding tert-OH is 1. The highest BCUT2D eigenvalue weighted by atomic mass is 32.2. The van der Waals surface area contributed by atoms with E-state index < -0.39 is 39.9 Å². The van der Waals surface area contributed by atoms with Gasteiger partial charge in [-0.2, -0.15) is 0 Å². The smallest absolute Gasteiger partial charge is 0.178 e. The number of hydrogen-bond donors (Lipinski definition) is 1. The predicted octanol–water partition coefficient (Wildman–Crippen LogP) is 2.32. The van der Waals surface area contributed by atoms with Gasteiger partial charge >= 0.3 is 0 Å². The number of ether oxygens (including phenoxy) is 3. The van der Waals surface area contributed by atoms with E-state index in [2.05, 4.69) is 6.58 Å². The molecule has 0 saturated carbocycles. The molecule has 1 N–H and O–H groups in total. The summed E-state index contributed by atoms with van der Waals surface area (Å²) < 4.78 is 43.0. The van der Waals surface area contributed by atoms with Gasteiger partial charge in [0.2, 0.25) is 0 Å². The fraction of sp³-hybridized carbons (Fsp3) is 0.600. The Balaban J connectivity index is 1.72. The zero-order valence-corrected chi connectivity index (χ0v) is 16.6. The van der Waals surface area contributed by atoms with Crippen LogP contribution in [0.1, 0.15) is 26.7 Å². The molecule has 7 heteroatoms. The summed E-state index contributed by atoms with van der Waals surface area (Å²) >= 11 is 0. The molecule has 0 amide bonds. The van der Waals surface area contributed by atoms with Crippen molar-refractivity contribution < 1.29 is 27.7 Å². The highest BCUT2D eigenvalue weighted by Gasteiger charge is 2.47. The van der Waals surface area contributed by atoms with Crippen molar-refractivity contribution >= 4 is 9.84 Å². The van der Waals surface area contributed by atoms with Crippen LogP contribution < -0.4 is 0 Å². The molecule has 2 aliphatic rings. The van der Waals surface area contributed by atoms with Crippen molar-refractivity contribution in [3.8, 4) is 0 Å². The zero-order valence-electron chi connectivity index (χ0n) is 15.8. The molecule has 0 radical (unpaired) electrons. The highest BCUT2D eigenvalue weighted by Crippen LogP contribution is 2.36. The highest BCUT2D eigenvalue weighted by molar-refractivity contribution is 7.91. The van der Waals surface area contributed by atoms with Crippen molar-refractivity contribution in [2.24, 2.45) is 5.92 Å². The van der Waals surface area contributed by atoms with E-state index in [1.54, 1.807) is 36.4 Å². The molecule has 0 bridgehead atoms. The third-order valence-electron chi connectivity index (χ3n) is 5.12. The number of rotatable bonds is 7. The maximum Gasteiger partial charge on any atom is 0.178 e. The van der Waals surface area contributed by atoms with Crippen LogP contribution in [0.15, 0.2) is 47.9 Å². The Bertz CT molecular complexity index is 745. The predicted molar refractivity (Wildman–Crippen MR) is 101 cm³/mol. The number of hydrogen-bond acceptors (Lipinski definition) is 6. The van der Waals surface area contributed by atoms with Crippen molar-refractivity contribution in [2.75, 3.05) is 12.4 Å². The molecule has 5 atom stereocenters. The van der Waals surface area contributed by atoms with Gasteiger partial charge in [0.15, 0.2) is 15.6 Å². The third-order valence-corrected chi connectivity index (χ3v) is 6.94. The second-order valence-corrected chi connectivity index (χ2v) is 9.71. The monoisotopic (exact) mass is 396 g/mol. The summed E-state index contributed by atoms with van der Waals surface area (Å²) in [7, 11) is -3.53. The van der Waals surface area contributed by atoms with Crippen LogP contribution >= 0.6 is 0 Å². The van der Waals surface area contributed by atoms with Crippen molar-refractivity contribution in [2.45, 2.75) is 61.8 Å². The molecule has 150 valence electrons. The largest absolute Gasteiger partial charge is 0.390 e. The first-order valence-electron chi connectivity index (χ1n) is 9.26. The zero-order chi connectivity index (χ0) is 19.7. The van der Waals surface area contributed by atoms with E-state index in [4.69, 9.17) is 14.2 Å². The summed E-state index contributed by atoms with van der Waals surface area (Å²) in [6.07, 6.45) is 0.676. The molecule has 1 aromatic carbocycles. The molecule has 0 spiro atoms. The second-order valence-electron chi connectivity index (χ2n) is 7.67. The summed E-state index contributed by atoms with van der Waals surface area (Å²) in [5.41, 5.74) is 0. The van der Waals surface area contributed by atoms with Gasteiger partial charge in [-0.1, -0.05) is 24.3 Å². The standard InChI is InChI=1S/C20H28O6S/c1-4-8-17-16(13-27(22,23)15-9-6-5-7-10-15)19(21)18(25-17)11-14-12-24-20(2,3)26-14/h4-7,9-10,14,16-19,21H,1,8,11-13H2,2-3H3/t14-,16?,17-,18+,19+/m0/s1. The van der Waals surface area contributed by atoms with Gasteiger partial charge < -0.3 is 19.3 Å². The van der Waals surface area contributed by atoms with Crippen molar-refractivity contribution in [3.63, 3.8) is 0 Å². The first kappa shape index (κ1) is 20.5. The van der Waals surface area contributed by atoms with Gasteiger partial charge in [0.25, 0.3) is 0 Å². The maximum absolute atomic E-state index is 12.8. The molecule has 3 rings (SSSR count). The number of benzene rings is 1. The lowest BCUT2D eigenvalue weighted by Crippen LogP contribution is -2.35.